The molecule has 0 bridgehead atoms. The van der Waals surface area contributed by atoms with Gasteiger partial charge in [-0.1, -0.05) is 54.6 Å². The van der Waals surface area contributed by atoms with Gasteiger partial charge in [0.15, 0.2) is 0 Å². The van der Waals surface area contributed by atoms with Gasteiger partial charge >= 0.3 is 0 Å². The first-order chi connectivity index (χ1) is 14.5. The highest BCUT2D eigenvalue weighted by Crippen LogP contribution is 2.25. The van der Waals surface area contributed by atoms with Gasteiger partial charge in [-0.3, -0.25) is 4.79 Å². The molecule has 0 fully saturated rings. The third-order valence-corrected chi connectivity index (χ3v) is 4.99. The molecule has 0 saturated carbocycles. The minimum atomic E-state index is -0.379. The maximum Gasteiger partial charge on any atom is 0.270 e. The van der Waals surface area contributed by atoms with Crippen molar-refractivity contribution in [2.75, 3.05) is 0 Å². The van der Waals surface area contributed by atoms with E-state index in [0.29, 0.717) is 17.0 Å². The summed E-state index contributed by atoms with van der Waals surface area (Å²) >= 11 is 0. The molecule has 4 nitrogen and oxygen atoms in total. The van der Waals surface area contributed by atoms with Crippen molar-refractivity contribution >= 4 is 5.91 Å². The molecule has 30 heavy (non-hydrogen) atoms. The predicted molar refractivity (Wildman–Crippen MR) is 116 cm³/mol. The number of benzene rings is 3. The second-order valence-corrected chi connectivity index (χ2v) is 7.25. The van der Waals surface area contributed by atoms with Gasteiger partial charge in [0.05, 0.1) is 17.4 Å². The van der Waals surface area contributed by atoms with Gasteiger partial charge in [-0.25, -0.2) is 9.07 Å². The summed E-state index contributed by atoms with van der Waals surface area (Å²) in [6.07, 6.45) is 0. The molecule has 1 N–H and O–H groups in total. The van der Waals surface area contributed by atoms with Crippen molar-refractivity contribution in [1.29, 1.82) is 0 Å². The molecule has 1 aromatic heterocycles. The van der Waals surface area contributed by atoms with E-state index in [1.54, 1.807) is 28.9 Å². The van der Waals surface area contributed by atoms with Gasteiger partial charge in [0.1, 0.15) is 11.5 Å². The van der Waals surface area contributed by atoms with Crippen LogP contribution in [0.15, 0.2) is 84.9 Å². The Kier molecular flexibility index (Phi) is 5.44. The Morgan fingerprint density at radius 3 is 2.43 bits per heavy atom. The molecule has 150 valence electrons. The number of aryl methyl sites for hydroxylation is 1. The highest BCUT2D eigenvalue weighted by molar-refractivity contribution is 5.94. The lowest BCUT2D eigenvalue weighted by Gasteiger charge is -2.15. The Labute approximate surface area is 175 Å². The van der Waals surface area contributed by atoms with E-state index in [1.165, 1.54) is 6.07 Å². The van der Waals surface area contributed by atoms with E-state index in [9.17, 15) is 9.18 Å². The number of carbonyl (C=O) groups is 1. The summed E-state index contributed by atoms with van der Waals surface area (Å²) in [7, 11) is 0. The number of hydrogen-bond acceptors (Lipinski definition) is 2. The smallest absolute Gasteiger partial charge is 0.270 e. The first kappa shape index (κ1) is 19.6. The Bertz CT molecular complexity index is 1180. The summed E-state index contributed by atoms with van der Waals surface area (Å²) in [5, 5.41) is 7.59. The van der Waals surface area contributed by atoms with Crippen LogP contribution in [0.3, 0.4) is 0 Å². The lowest BCUT2D eigenvalue weighted by molar-refractivity contribution is 0.0932. The van der Waals surface area contributed by atoms with Crippen LogP contribution in [0.4, 0.5) is 4.39 Å². The van der Waals surface area contributed by atoms with Crippen LogP contribution in [-0.4, -0.2) is 15.7 Å². The number of nitrogens with one attached hydrogen (secondary N) is 1. The summed E-state index contributed by atoms with van der Waals surface area (Å²) in [6, 6.07) is 25.3. The average Bonchev–Trinajstić information content (AvgIpc) is 3.20. The van der Waals surface area contributed by atoms with Crippen LogP contribution in [0.2, 0.25) is 0 Å². The van der Waals surface area contributed by atoms with E-state index in [0.717, 1.165) is 16.8 Å². The second-order valence-electron chi connectivity index (χ2n) is 7.25. The fourth-order valence-corrected chi connectivity index (χ4v) is 3.40. The fourth-order valence-electron chi connectivity index (χ4n) is 3.40. The number of aromatic nitrogens is 2. The van der Waals surface area contributed by atoms with Gasteiger partial charge in [-0.15, -0.1) is 0 Å². The number of amides is 1. The molecule has 0 saturated heterocycles. The van der Waals surface area contributed by atoms with Crippen molar-refractivity contribution < 1.29 is 9.18 Å². The molecule has 0 spiro atoms. The molecular formula is C25H22FN3O. The second kappa shape index (κ2) is 8.33. The minimum Gasteiger partial charge on any atom is -0.344 e. The predicted octanol–water partition coefficient (Wildman–Crippen LogP) is 5.48. The highest BCUT2D eigenvalue weighted by Gasteiger charge is 2.21. The van der Waals surface area contributed by atoms with Gasteiger partial charge in [-0.2, -0.15) is 5.10 Å². The summed E-state index contributed by atoms with van der Waals surface area (Å²) in [5.41, 5.74) is 3.90. The maximum absolute atomic E-state index is 14.4. The monoisotopic (exact) mass is 399 g/mol. The fraction of sp³-hybridized carbons (Fsp3) is 0.120. The Morgan fingerprint density at radius 2 is 1.70 bits per heavy atom. The largest absolute Gasteiger partial charge is 0.344 e. The lowest BCUT2D eigenvalue weighted by Crippen LogP contribution is -2.28. The molecule has 0 aliphatic carbocycles. The lowest BCUT2D eigenvalue weighted by atomic mass is 10.1. The molecule has 0 unspecified atom stereocenters. The van der Waals surface area contributed by atoms with Crippen LogP contribution < -0.4 is 5.32 Å². The van der Waals surface area contributed by atoms with Crippen molar-refractivity contribution in [2.24, 2.45) is 0 Å². The van der Waals surface area contributed by atoms with Crippen molar-refractivity contribution in [3.05, 3.63) is 108 Å². The zero-order valence-corrected chi connectivity index (χ0v) is 16.8. The molecule has 5 heteroatoms. The van der Waals surface area contributed by atoms with E-state index in [2.05, 4.69) is 10.4 Å². The van der Waals surface area contributed by atoms with E-state index in [-0.39, 0.29) is 17.8 Å². The van der Waals surface area contributed by atoms with Crippen LogP contribution in [0.5, 0.6) is 0 Å². The normalized spacial score (nSPS) is 11.8. The third-order valence-electron chi connectivity index (χ3n) is 4.99. The van der Waals surface area contributed by atoms with Crippen LogP contribution in [0.25, 0.3) is 16.9 Å². The number of rotatable bonds is 5. The SMILES string of the molecule is Cc1cccc(-n2nc(-c3ccccc3F)cc2C(=O)N[C@H](C)c2ccccc2)c1. The van der Waals surface area contributed by atoms with Gasteiger partial charge in [0.25, 0.3) is 5.91 Å². The Balaban J connectivity index is 1.75. The number of nitrogens with zero attached hydrogens (tertiary/aromatic N) is 2. The number of carbonyl (C=O) groups excluding carboxylic acids is 1. The molecule has 3 aromatic carbocycles. The molecule has 1 amide bonds. The molecule has 4 aromatic rings. The van der Waals surface area contributed by atoms with Gasteiger partial charge in [-0.05, 0) is 55.3 Å². The van der Waals surface area contributed by atoms with Crippen molar-refractivity contribution in [1.82, 2.24) is 15.1 Å². The van der Waals surface area contributed by atoms with Crippen molar-refractivity contribution in [3.8, 4) is 16.9 Å². The van der Waals surface area contributed by atoms with Crippen LogP contribution >= 0.6 is 0 Å². The van der Waals surface area contributed by atoms with Gasteiger partial charge < -0.3 is 5.32 Å². The van der Waals surface area contributed by atoms with Crippen LogP contribution in [0.1, 0.15) is 34.6 Å². The Morgan fingerprint density at radius 1 is 0.967 bits per heavy atom. The molecule has 1 atom stereocenters. The van der Waals surface area contributed by atoms with Crippen molar-refractivity contribution in [3.63, 3.8) is 0 Å². The van der Waals surface area contributed by atoms with Crippen molar-refractivity contribution in [2.45, 2.75) is 19.9 Å². The minimum absolute atomic E-state index is 0.184. The quantitative estimate of drug-likeness (QED) is 0.483. The van der Waals surface area contributed by atoms with Crippen LogP contribution in [-0.2, 0) is 0 Å². The van der Waals surface area contributed by atoms with E-state index in [1.807, 2.05) is 68.4 Å². The standard InChI is InChI=1S/C25H22FN3O/c1-17-9-8-12-20(15-17)29-24(16-23(28-29)21-13-6-7-14-22(21)26)25(30)27-18(2)19-10-4-3-5-11-19/h3-16,18H,1-2H3,(H,27,30)/t18-/m1/s1. The molecule has 0 aliphatic heterocycles. The Hall–Kier alpha value is -3.73. The van der Waals surface area contributed by atoms with E-state index >= 15 is 0 Å². The van der Waals surface area contributed by atoms with Gasteiger partial charge in [0.2, 0.25) is 0 Å². The summed E-state index contributed by atoms with van der Waals surface area (Å²) < 4.78 is 15.9. The van der Waals surface area contributed by atoms with E-state index < -0.39 is 0 Å². The number of hydrogen-bond donors (Lipinski definition) is 1. The third kappa shape index (κ3) is 4.01. The average molecular weight is 399 g/mol. The van der Waals surface area contributed by atoms with Gasteiger partial charge in [0, 0.05) is 5.56 Å². The molecule has 4 rings (SSSR count). The number of halogens is 1. The van der Waals surface area contributed by atoms with Crippen LogP contribution in [0, 0.1) is 12.7 Å². The van der Waals surface area contributed by atoms with E-state index in [4.69, 9.17) is 0 Å². The first-order valence-corrected chi connectivity index (χ1v) is 9.81. The summed E-state index contributed by atoms with van der Waals surface area (Å²) in [5.74, 6) is -0.654. The summed E-state index contributed by atoms with van der Waals surface area (Å²) in [6.45, 7) is 3.90. The summed E-state index contributed by atoms with van der Waals surface area (Å²) in [4.78, 5) is 13.2. The zero-order valence-electron chi connectivity index (χ0n) is 16.8. The molecule has 0 aliphatic rings. The maximum atomic E-state index is 14.4. The molecule has 1 heterocycles. The molecular weight excluding hydrogens is 377 g/mol. The molecule has 0 radical (unpaired) electrons. The topological polar surface area (TPSA) is 46.9 Å². The first-order valence-electron chi connectivity index (χ1n) is 9.81. The highest BCUT2D eigenvalue weighted by atomic mass is 19.1. The zero-order chi connectivity index (χ0) is 21.1.